The van der Waals surface area contributed by atoms with Gasteiger partial charge in [0.05, 0.1) is 12.1 Å². The summed E-state index contributed by atoms with van der Waals surface area (Å²) in [6, 6.07) is 6.40. The molecule has 0 aliphatic heterocycles. The molecule has 1 fully saturated rings. The lowest BCUT2D eigenvalue weighted by Gasteiger charge is -2.28. The van der Waals surface area contributed by atoms with Gasteiger partial charge < -0.3 is 15.2 Å². The number of aliphatic hydroxyl groups is 1. The lowest BCUT2D eigenvalue weighted by atomic mass is 10.1. The van der Waals surface area contributed by atoms with E-state index < -0.39 is 5.54 Å². The number of aliphatic hydroxyl groups excluding tert-OH is 1. The normalized spacial score (nSPS) is 18.8. The number of ether oxygens (including phenoxy) is 1. The summed E-state index contributed by atoms with van der Waals surface area (Å²) in [5, 5.41) is 12.7. The van der Waals surface area contributed by atoms with Gasteiger partial charge in [-0.3, -0.25) is 0 Å². The molecule has 17 heavy (non-hydrogen) atoms. The molecule has 0 bridgehead atoms. The number of hydrogen-bond donors (Lipinski definition) is 2. The van der Waals surface area contributed by atoms with Crippen LogP contribution in [0, 0.1) is 5.82 Å². The molecule has 0 aromatic heterocycles. The van der Waals surface area contributed by atoms with E-state index in [0.717, 1.165) is 12.8 Å². The minimum atomic E-state index is -0.435. The number of rotatable bonds is 6. The Hall–Kier alpha value is -1.13. The summed E-state index contributed by atoms with van der Waals surface area (Å²) in [4.78, 5) is 0. The molecule has 94 valence electrons. The van der Waals surface area contributed by atoms with Crippen LogP contribution in [0.2, 0.25) is 0 Å². The fourth-order valence-corrected chi connectivity index (χ4v) is 1.63. The zero-order valence-corrected chi connectivity index (χ0v) is 9.95. The van der Waals surface area contributed by atoms with Crippen LogP contribution >= 0.6 is 0 Å². The van der Waals surface area contributed by atoms with Crippen LogP contribution in [0.15, 0.2) is 24.3 Å². The van der Waals surface area contributed by atoms with Crippen LogP contribution in [-0.2, 0) is 0 Å². The zero-order valence-electron chi connectivity index (χ0n) is 9.95. The van der Waals surface area contributed by atoms with E-state index >= 15 is 0 Å². The Labute approximate surface area is 101 Å². The highest BCUT2D eigenvalue weighted by atomic mass is 19.1. The second kappa shape index (κ2) is 5.02. The maximum atomic E-state index is 12.7. The standard InChI is InChI=1S/C13H18FNO2/c1-13(8-16,15-11-4-5-11)9-17-12-6-2-10(14)3-7-12/h2-3,6-7,11,15-16H,4-5,8-9H2,1H3. The number of benzene rings is 1. The minimum Gasteiger partial charge on any atom is -0.492 e. The lowest BCUT2D eigenvalue weighted by Crippen LogP contribution is -2.51. The van der Waals surface area contributed by atoms with E-state index in [2.05, 4.69) is 5.32 Å². The van der Waals surface area contributed by atoms with Gasteiger partial charge in [-0.2, -0.15) is 0 Å². The van der Waals surface area contributed by atoms with Gasteiger partial charge in [0.25, 0.3) is 0 Å². The first-order chi connectivity index (χ1) is 8.11. The minimum absolute atomic E-state index is 0.0185. The van der Waals surface area contributed by atoms with Crippen molar-refractivity contribution in [3.05, 3.63) is 30.1 Å². The van der Waals surface area contributed by atoms with Crippen LogP contribution < -0.4 is 10.1 Å². The van der Waals surface area contributed by atoms with Crippen molar-refractivity contribution in [2.75, 3.05) is 13.2 Å². The Morgan fingerprint density at radius 3 is 2.59 bits per heavy atom. The Bertz CT molecular complexity index is 364. The molecule has 1 aromatic rings. The number of hydrogen-bond acceptors (Lipinski definition) is 3. The van der Waals surface area contributed by atoms with Crippen molar-refractivity contribution in [2.45, 2.75) is 31.3 Å². The van der Waals surface area contributed by atoms with Gasteiger partial charge in [0.2, 0.25) is 0 Å². The molecule has 2 rings (SSSR count). The van der Waals surface area contributed by atoms with Crippen molar-refractivity contribution >= 4 is 0 Å². The fourth-order valence-electron chi connectivity index (χ4n) is 1.63. The van der Waals surface area contributed by atoms with Crippen LogP contribution in [0.5, 0.6) is 5.75 Å². The average Bonchev–Trinajstić information content (AvgIpc) is 3.12. The predicted octanol–water partition coefficient (Wildman–Crippen LogP) is 1.71. The molecular formula is C13H18FNO2. The molecular weight excluding hydrogens is 221 g/mol. The van der Waals surface area contributed by atoms with E-state index in [1.165, 1.54) is 12.1 Å². The first-order valence-electron chi connectivity index (χ1n) is 5.88. The van der Waals surface area contributed by atoms with E-state index in [0.29, 0.717) is 18.4 Å². The summed E-state index contributed by atoms with van der Waals surface area (Å²) in [6.45, 7) is 2.31. The van der Waals surface area contributed by atoms with E-state index in [9.17, 15) is 9.50 Å². The molecule has 1 aliphatic carbocycles. The summed E-state index contributed by atoms with van der Waals surface area (Å²) in [7, 11) is 0. The summed E-state index contributed by atoms with van der Waals surface area (Å²) in [6.07, 6.45) is 2.32. The molecule has 0 amide bonds. The number of nitrogens with one attached hydrogen (secondary N) is 1. The van der Waals surface area contributed by atoms with Gasteiger partial charge in [-0.25, -0.2) is 4.39 Å². The summed E-state index contributed by atoms with van der Waals surface area (Å²) < 4.78 is 18.3. The van der Waals surface area contributed by atoms with E-state index in [1.54, 1.807) is 12.1 Å². The third-order valence-electron chi connectivity index (χ3n) is 2.85. The van der Waals surface area contributed by atoms with Gasteiger partial charge in [0.1, 0.15) is 18.2 Å². The van der Waals surface area contributed by atoms with Crippen molar-refractivity contribution in [2.24, 2.45) is 0 Å². The first kappa shape index (κ1) is 12.3. The van der Waals surface area contributed by atoms with Gasteiger partial charge in [-0.1, -0.05) is 0 Å². The Morgan fingerprint density at radius 1 is 1.41 bits per heavy atom. The van der Waals surface area contributed by atoms with Crippen molar-refractivity contribution in [3.63, 3.8) is 0 Å². The zero-order chi connectivity index (χ0) is 12.3. The topological polar surface area (TPSA) is 41.5 Å². The Balaban J connectivity index is 1.88. The fraction of sp³-hybridized carbons (Fsp3) is 0.538. The van der Waals surface area contributed by atoms with Crippen LogP contribution in [0.4, 0.5) is 4.39 Å². The highest BCUT2D eigenvalue weighted by Gasteiger charge is 2.32. The molecule has 0 radical (unpaired) electrons. The maximum absolute atomic E-state index is 12.7. The largest absolute Gasteiger partial charge is 0.492 e. The van der Waals surface area contributed by atoms with Crippen molar-refractivity contribution in [1.82, 2.24) is 5.32 Å². The summed E-state index contributed by atoms with van der Waals surface area (Å²) >= 11 is 0. The van der Waals surface area contributed by atoms with Crippen molar-refractivity contribution in [1.29, 1.82) is 0 Å². The highest BCUT2D eigenvalue weighted by Crippen LogP contribution is 2.23. The second-order valence-electron chi connectivity index (χ2n) is 4.88. The van der Waals surface area contributed by atoms with Crippen molar-refractivity contribution in [3.8, 4) is 5.75 Å². The van der Waals surface area contributed by atoms with Gasteiger partial charge >= 0.3 is 0 Å². The molecule has 3 nitrogen and oxygen atoms in total. The maximum Gasteiger partial charge on any atom is 0.123 e. The first-order valence-corrected chi connectivity index (χ1v) is 5.88. The van der Waals surface area contributed by atoms with Gasteiger partial charge in [0.15, 0.2) is 0 Å². The van der Waals surface area contributed by atoms with Crippen molar-refractivity contribution < 1.29 is 14.2 Å². The average molecular weight is 239 g/mol. The lowest BCUT2D eigenvalue weighted by molar-refractivity contribution is 0.114. The van der Waals surface area contributed by atoms with E-state index in [4.69, 9.17) is 4.74 Å². The molecule has 1 saturated carbocycles. The highest BCUT2D eigenvalue weighted by molar-refractivity contribution is 5.22. The molecule has 0 saturated heterocycles. The molecule has 1 aromatic carbocycles. The third-order valence-corrected chi connectivity index (χ3v) is 2.85. The third kappa shape index (κ3) is 3.68. The molecule has 0 spiro atoms. The van der Waals surface area contributed by atoms with Gasteiger partial charge in [0, 0.05) is 6.04 Å². The molecule has 4 heteroatoms. The summed E-state index contributed by atoms with van der Waals surface area (Å²) in [5.74, 6) is 0.335. The van der Waals surface area contributed by atoms with Gasteiger partial charge in [-0.05, 0) is 44.0 Å². The Kier molecular flexibility index (Phi) is 3.64. The van der Waals surface area contributed by atoms with E-state index in [-0.39, 0.29) is 12.4 Å². The molecule has 0 heterocycles. The monoisotopic (exact) mass is 239 g/mol. The molecule has 2 N–H and O–H groups in total. The van der Waals surface area contributed by atoms with Gasteiger partial charge in [-0.15, -0.1) is 0 Å². The predicted molar refractivity (Wildman–Crippen MR) is 63.5 cm³/mol. The summed E-state index contributed by atoms with van der Waals surface area (Å²) in [5.41, 5.74) is -0.435. The molecule has 1 atom stereocenters. The molecule has 1 aliphatic rings. The van der Waals surface area contributed by atoms with Crippen LogP contribution in [0.3, 0.4) is 0 Å². The quantitative estimate of drug-likeness (QED) is 0.794. The van der Waals surface area contributed by atoms with Crippen LogP contribution in [0.25, 0.3) is 0 Å². The SMILES string of the molecule is CC(CO)(COc1ccc(F)cc1)NC1CC1. The number of halogens is 1. The smallest absolute Gasteiger partial charge is 0.123 e. The van der Waals surface area contributed by atoms with Crippen LogP contribution in [0.1, 0.15) is 19.8 Å². The van der Waals surface area contributed by atoms with E-state index in [1.807, 2.05) is 6.92 Å². The Morgan fingerprint density at radius 2 is 2.06 bits per heavy atom. The molecule has 1 unspecified atom stereocenters. The second-order valence-corrected chi connectivity index (χ2v) is 4.88. The van der Waals surface area contributed by atoms with Crippen LogP contribution in [-0.4, -0.2) is 29.9 Å².